The third-order valence-corrected chi connectivity index (χ3v) is 4.21. The van der Waals surface area contributed by atoms with Gasteiger partial charge in [0.15, 0.2) is 0 Å². The van der Waals surface area contributed by atoms with Gasteiger partial charge >= 0.3 is 0 Å². The van der Waals surface area contributed by atoms with Crippen LogP contribution in [0.2, 0.25) is 0 Å². The van der Waals surface area contributed by atoms with Gasteiger partial charge in [-0.2, -0.15) is 0 Å². The maximum Gasteiger partial charge on any atom is 0.0518 e. The van der Waals surface area contributed by atoms with E-state index in [9.17, 15) is 0 Å². The van der Waals surface area contributed by atoms with Gasteiger partial charge in [0.25, 0.3) is 0 Å². The van der Waals surface area contributed by atoms with Crippen molar-refractivity contribution in [3.63, 3.8) is 0 Å². The van der Waals surface area contributed by atoms with Gasteiger partial charge in [-0.1, -0.05) is 30.3 Å². The molecule has 114 valence electrons. The van der Waals surface area contributed by atoms with Crippen LogP contribution in [0, 0.1) is 0 Å². The predicted octanol–water partition coefficient (Wildman–Crippen LogP) is 4.34. The minimum Gasteiger partial charge on any atom is -0.379 e. The molecule has 0 spiro atoms. The summed E-state index contributed by atoms with van der Waals surface area (Å²) in [7, 11) is 0. The Morgan fingerprint density at radius 3 is 2.67 bits per heavy atom. The second kappa shape index (κ2) is 9.08. The molecule has 0 aromatic heterocycles. The van der Waals surface area contributed by atoms with Gasteiger partial charge in [0, 0.05) is 23.8 Å². The maximum absolute atomic E-state index is 5.51. The number of rotatable bonds is 9. The number of benzene rings is 2. The SMILES string of the molecule is CC(C)OCCCNCCSc1ccc2ccccc2c1. The molecule has 0 radical (unpaired) electrons. The highest BCUT2D eigenvalue weighted by atomic mass is 32.2. The number of hydrogen-bond acceptors (Lipinski definition) is 3. The Kier molecular flexibility index (Phi) is 7.07. The van der Waals surface area contributed by atoms with Gasteiger partial charge in [-0.05, 0) is 49.7 Å². The molecule has 0 saturated carbocycles. The lowest BCUT2D eigenvalue weighted by Crippen LogP contribution is -2.20. The third-order valence-electron chi connectivity index (χ3n) is 3.22. The van der Waals surface area contributed by atoms with Gasteiger partial charge in [0.05, 0.1) is 6.10 Å². The van der Waals surface area contributed by atoms with Crippen molar-refractivity contribution in [1.29, 1.82) is 0 Å². The number of fused-ring (bicyclic) bond motifs is 1. The van der Waals surface area contributed by atoms with Crippen LogP contribution in [0.4, 0.5) is 0 Å². The van der Waals surface area contributed by atoms with Crippen molar-refractivity contribution >= 4 is 22.5 Å². The summed E-state index contributed by atoms with van der Waals surface area (Å²) in [6, 6.07) is 15.2. The van der Waals surface area contributed by atoms with Crippen LogP contribution in [0.1, 0.15) is 20.3 Å². The van der Waals surface area contributed by atoms with Crippen LogP contribution in [-0.4, -0.2) is 31.6 Å². The van der Waals surface area contributed by atoms with E-state index in [1.807, 2.05) is 11.8 Å². The maximum atomic E-state index is 5.51. The van der Waals surface area contributed by atoms with E-state index in [0.29, 0.717) is 6.10 Å². The van der Waals surface area contributed by atoms with E-state index in [0.717, 1.165) is 31.9 Å². The lowest BCUT2D eigenvalue weighted by molar-refractivity contribution is 0.0772. The Hall–Kier alpha value is -1.03. The van der Waals surface area contributed by atoms with Crippen LogP contribution in [-0.2, 0) is 4.74 Å². The summed E-state index contributed by atoms with van der Waals surface area (Å²) < 4.78 is 5.51. The van der Waals surface area contributed by atoms with Gasteiger partial charge in [-0.15, -0.1) is 11.8 Å². The lowest BCUT2D eigenvalue weighted by atomic mass is 10.1. The van der Waals surface area contributed by atoms with Gasteiger partial charge in [-0.3, -0.25) is 0 Å². The van der Waals surface area contributed by atoms with Crippen LogP contribution < -0.4 is 5.32 Å². The summed E-state index contributed by atoms with van der Waals surface area (Å²) in [5.41, 5.74) is 0. The topological polar surface area (TPSA) is 21.3 Å². The van der Waals surface area contributed by atoms with Crippen LogP contribution >= 0.6 is 11.8 Å². The first-order chi connectivity index (χ1) is 10.3. The van der Waals surface area contributed by atoms with Gasteiger partial charge in [-0.25, -0.2) is 0 Å². The summed E-state index contributed by atoms with van der Waals surface area (Å²) in [4.78, 5) is 1.35. The lowest BCUT2D eigenvalue weighted by Gasteiger charge is -2.08. The van der Waals surface area contributed by atoms with E-state index in [2.05, 4.69) is 61.6 Å². The zero-order chi connectivity index (χ0) is 14.9. The van der Waals surface area contributed by atoms with Crippen molar-refractivity contribution in [2.24, 2.45) is 0 Å². The Labute approximate surface area is 132 Å². The molecular formula is C18H25NOS. The average molecular weight is 303 g/mol. The standard InChI is InChI=1S/C18H25NOS/c1-15(2)20-12-5-10-19-11-13-21-18-9-8-16-6-3-4-7-17(16)14-18/h3-4,6-9,14-15,19H,5,10-13H2,1-2H3. The van der Waals surface area contributed by atoms with Crippen LogP contribution in [0.15, 0.2) is 47.4 Å². The molecule has 0 bridgehead atoms. The summed E-state index contributed by atoms with van der Waals surface area (Å²) in [6.07, 6.45) is 1.42. The molecule has 0 saturated heterocycles. The molecule has 0 amide bonds. The molecule has 0 aliphatic heterocycles. The highest BCUT2D eigenvalue weighted by Gasteiger charge is 1.97. The number of ether oxygens (including phenoxy) is 1. The van der Waals surface area contributed by atoms with E-state index in [1.165, 1.54) is 15.7 Å². The molecule has 0 unspecified atom stereocenters. The Bertz CT molecular complexity index is 541. The fourth-order valence-electron chi connectivity index (χ4n) is 2.14. The number of nitrogens with one attached hydrogen (secondary N) is 1. The molecule has 21 heavy (non-hydrogen) atoms. The molecule has 0 fully saturated rings. The first kappa shape index (κ1) is 16.3. The third kappa shape index (κ3) is 6.08. The van der Waals surface area contributed by atoms with E-state index in [4.69, 9.17) is 4.74 Å². The summed E-state index contributed by atoms with van der Waals surface area (Å²) in [5, 5.41) is 6.10. The highest BCUT2D eigenvalue weighted by molar-refractivity contribution is 7.99. The molecule has 2 rings (SSSR count). The van der Waals surface area contributed by atoms with E-state index >= 15 is 0 Å². The van der Waals surface area contributed by atoms with Crippen LogP contribution in [0.3, 0.4) is 0 Å². The van der Waals surface area contributed by atoms with Crippen LogP contribution in [0.25, 0.3) is 10.8 Å². The van der Waals surface area contributed by atoms with Crippen molar-refractivity contribution in [1.82, 2.24) is 5.32 Å². The Balaban J connectivity index is 1.61. The van der Waals surface area contributed by atoms with Gasteiger partial charge in [0.1, 0.15) is 0 Å². The van der Waals surface area contributed by atoms with Gasteiger partial charge in [0.2, 0.25) is 0 Å². The van der Waals surface area contributed by atoms with Crippen molar-refractivity contribution < 1.29 is 4.74 Å². The Morgan fingerprint density at radius 2 is 1.86 bits per heavy atom. The quantitative estimate of drug-likeness (QED) is 0.550. The normalized spacial score (nSPS) is 11.4. The minimum absolute atomic E-state index is 0.341. The second-order valence-corrected chi connectivity index (χ2v) is 6.55. The monoisotopic (exact) mass is 303 g/mol. The minimum atomic E-state index is 0.341. The molecule has 0 atom stereocenters. The first-order valence-corrected chi connectivity index (χ1v) is 8.68. The van der Waals surface area contributed by atoms with E-state index in [-0.39, 0.29) is 0 Å². The highest BCUT2D eigenvalue weighted by Crippen LogP contribution is 2.23. The molecule has 3 heteroatoms. The van der Waals surface area contributed by atoms with Crippen molar-refractivity contribution in [2.75, 3.05) is 25.4 Å². The van der Waals surface area contributed by atoms with E-state index < -0.39 is 0 Å². The van der Waals surface area contributed by atoms with E-state index in [1.54, 1.807) is 0 Å². The predicted molar refractivity (Wildman–Crippen MR) is 93.2 cm³/mol. The fourth-order valence-corrected chi connectivity index (χ4v) is 3.00. The first-order valence-electron chi connectivity index (χ1n) is 7.69. The number of thioether (sulfide) groups is 1. The zero-order valence-electron chi connectivity index (χ0n) is 13.0. The molecule has 2 aromatic rings. The second-order valence-electron chi connectivity index (χ2n) is 5.38. The molecule has 0 aliphatic rings. The molecule has 1 N–H and O–H groups in total. The largest absolute Gasteiger partial charge is 0.379 e. The van der Waals surface area contributed by atoms with Crippen molar-refractivity contribution in [2.45, 2.75) is 31.3 Å². The van der Waals surface area contributed by atoms with Gasteiger partial charge < -0.3 is 10.1 Å². The summed E-state index contributed by atoms with van der Waals surface area (Å²) >= 11 is 1.91. The fraction of sp³-hybridized carbons (Fsp3) is 0.444. The van der Waals surface area contributed by atoms with Crippen molar-refractivity contribution in [3.05, 3.63) is 42.5 Å². The summed E-state index contributed by atoms with van der Waals surface area (Å²) in [5.74, 6) is 1.10. The molecule has 0 aliphatic carbocycles. The van der Waals surface area contributed by atoms with Crippen molar-refractivity contribution in [3.8, 4) is 0 Å². The number of hydrogen-bond donors (Lipinski definition) is 1. The summed E-state index contributed by atoms with van der Waals surface area (Å²) in [6.45, 7) is 7.08. The molecule has 0 heterocycles. The molecular weight excluding hydrogens is 278 g/mol. The molecule has 2 aromatic carbocycles. The zero-order valence-corrected chi connectivity index (χ0v) is 13.8. The smallest absolute Gasteiger partial charge is 0.0518 e. The Morgan fingerprint density at radius 1 is 1.05 bits per heavy atom. The van der Waals surface area contributed by atoms with Crippen LogP contribution in [0.5, 0.6) is 0 Å². The average Bonchev–Trinajstić information content (AvgIpc) is 2.49. The molecule has 2 nitrogen and oxygen atoms in total.